The number of esters is 1. The largest absolute Gasteiger partial charge is 0.461 e. The maximum absolute atomic E-state index is 14.6. The third kappa shape index (κ3) is 4.01. The van der Waals surface area contributed by atoms with Crippen LogP contribution in [0.4, 0.5) is 5.69 Å². The van der Waals surface area contributed by atoms with E-state index in [0.29, 0.717) is 17.1 Å². The summed E-state index contributed by atoms with van der Waals surface area (Å²) in [6, 6.07) is 13.0. The molecule has 9 heteroatoms. The fourth-order valence-corrected chi connectivity index (χ4v) is 6.93. The van der Waals surface area contributed by atoms with Gasteiger partial charge < -0.3 is 24.4 Å². The van der Waals surface area contributed by atoms with Crippen LogP contribution in [0.15, 0.2) is 72.8 Å². The molecule has 2 aromatic carbocycles. The van der Waals surface area contributed by atoms with E-state index in [9.17, 15) is 19.5 Å². The fourth-order valence-electron chi connectivity index (χ4n) is 6.60. The molecular weight excluding hydrogens is 520 g/mol. The number of hydrogen-bond donors (Lipinski definition) is 1. The van der Waals surface area contributed by atoms with Crippen molar-refractivity contribution in [3.05, 3.63) is 89.0 Å². The molecule has 4 heterocycles. The minimum Gasteiger partial charge on any atom is -0.461 e. The molecule has 0 radical (unpaired) electrons. The van der Waals surface area contributed by atoms with Crippen molar-refractivity contribution in [2.75, 3.05) is 24.7 Å². The number of fused-ring (bicyclic) bond motifs is 2. The van der Waals surface area contributed by atoms with Crippen LogP contribution in [0, 0.1) is 18.8 Å². The number of likely N-dealkylation sites (tertiary alicyclic amines) is 1. The van der Waals surface area contributed by atoms with E-state index in [0.717, 1.165) is 11.1 Å². The predicted molar refractivity (Wildman–Crippen MR) is 144 cm³/mol. The highest BCUT2D eigenvalue weighted by atomic mass is 35.5. The molecule has 2 aromatic rings. The molecule has 6 atom stereocenters. The van der Waals surface area contributed by atoms with Gasteiger partial charge in [-0.2, -0.15) is 0 Å². The highest BCUT2D eigenvalue weighted by Crippen LogP contribution is 2.54. The zero-order valence-electron chi connectivity index (χ0n) is 21.4. The zero-order chi connectivity index (χ0) is 27.3. The first kappa shape index (κ1) is 25.8. The number of carbonyl (C=O) groups is 3. The zero-order valence-corrected chi connectivity index (χ0v) is 22.2. The number of hydrogen-bond acceptors (Lipinski definition) is 6. The minimum atomic E-state index is -1.42. The molecule has 2 saturated heterocycles. The number of cyclic esters (lactones) is 1. The predicted octanol–water partition coefficient (Wildman–Crippen LogP) is 2.85. The quantitative estimate of drug-likeness (QED) is 0.456. The number of aryl methyl sites for hydroxylation is 1. The van der Waals surface area contributed by atoms with Crippen LogP contribution in [0.2, 0.25) is 5.02 Å². The van der Waals surface area contributed by atoms with Crippen molar-refractivity contribution < 1.29 is 29.0 Å². The Hall–Kier alpha value is -3.46. The van der Waals surface area contributed by atoms with Gasteiger partial charge in [0.25, 0.3) is 5.91 Å². The van der Waals surface area contributed by atoms with Crippen LogP contribution in [-0.2, 0) is 30.3 Å². The van der Waals surface area contributed by atoms with Gasteiger partial charge in [-0.05, 0) is 36.6 Å². The topological polar surface area (TPSA) is 96.4 Å². The second-order valence-corrected chi connectivity index (χ2v) is 10.8. The van der Waals surface area contributed by atoms with Crippen LogP contribution >= 0.6 is 11.6 Å². The summed E-state index contributed by atoms with van der Waals surface area (Å²) in [5, 5.41) is 11.0. The van der Waals surface area contributed by atoms with E-state index in [1.54, 1.807) is 35.3 Å². The molecule has 1 unspecified atom stereocenters. The number of rotatable bonds is 5. The second kappa shape index (κ2) is 9.93. The Balaban J connectivity index is 1.50. The monoisotopic (exact) mass is 548 g/mol. The Bertz CT molecular complexity index is 1360. The Kier molecular flexibility index (Phi) is 6.57. The number of carbonyl (C=O) groups excluding carboxylic acids is 3. The molecule has 0 aromatic heterocycles. The fraction of sp³-hybridized carbons (Fsp3) is 0.367. The SMILES string of the molecule is Cc1cccc(Cl)c1N1CC=C[C@]23O[C@H]4C=CCOC(=O)[C@H]4[C@H]2C(=O)N([C@@H](CO)Cc2ccccc2)C3C1=O. The molecule has 0 aliphatic carbocycles. The number of ether oxygens (including phenoxy) is 2. The van der Waals surface area contributed by atoms with E-state index in [-0.39, 0.29) is 25.7 Å². The molecule has 1 N–H and O–H groups in total. The number of para-hydroxylation sites is 1. The molecule has 2 amide bonds. The molecule has 8 nitrogen and oxygen atoms in total. The molecule has 39 heavy (non-hydrogen) atoms. The van der Waals surface area contributed by atoms with Crippen LogP contribution in [0.25, 0.3) is 0 Å². The molecule has 4 aliphatic rings. The number of nitrogens with zero attached hydrogens (tertiary/aromatic N) is 2. The van der Waals surface area contributed by atoms with Crippen molar-refractivity contribution in [1.82, 2.24) is 4.90 Å². The van der Waals surface area contributed by atoms with Crippen LogP contribution < -0.4 is 4.90 Å². The van der Waals surface area contributed by atoms with Gasteiger partial charge in [0, 0.05) is 6.54 Å². The average molecular weight is 549 g/mol. The van der Waals surface area contributed by atoms with E-state index >= 15 is 0 Å². The first-order valence-corrected chi connectivity index (χ1v) is 13.5. The molecule has 202 valence electrons. The number of anilines is 1. The van der Waals surface area contributed by atoms with Crippen molar-refractivity contribution in [2.45, 2.75) is 37.1 Å². The minimum absolute atomic E-state index is 0.0951. The molecule has 1 spiro atoms. The second-order valence-electron chi connectivity index (χ2n) is 10.4. The lowest BCUT2D eigenvalue weighted by Crippen LogP contribution is -2.58. The summed E-state index contributed by atoms with van der Waals surface area (Å²) in [4.78, 5) is 45.1. The third-order valence-corrected chi connectivity index (χ3v) is 8.53. The number of aliphatic hydroxyl groups excluding tert-OH is 1. The van der Waals surface area contributed by atoms with Crippen LogP contribution in [0.5, 0.6) is 0 Å². The van der Waals surface area contributed by atoms with Crippen LogP contribution in [0.1, 0.15) is 11.1 Å². The highest BCUT2D eigenvalue weighted by molar-refractivity contribution is 6.34. The van der Waals surface area contributed by atoms with Gasteiger partial charge in [-0.1, -0.05) is 72.3 Å². The molecule has 6 rings (SSSR count). The van der Waals surface area contributed by atoms with Crippen molar-refractivity contribution in [3.63, 3.8) is 0 Å². The van der Waals surface area contributed by atoms with E-state index < -0.39 is 47.5 Å². The van der Waals surface area contributed by atoms with E-state index in [1.165, 1.54) is 4.90 Å². The maximum atomic E-state index is 14.6. The van der Waals surface area contributed by atoms with Gasteiger partial charge in [0.1, 0.15) is 24.2 Å². The summed E-state index contributed by atoms with van der Waals surface area (Å²) in [7, 11) is 0. The van der Waals surface area contributed by atoms with Gasteiger partial charge in [-0.15, -0.1) is 0 Å². The molecule has 0 bridgehead atoms. The van der Waals surface area contributed by atoms with Crippen molar-refractivity contribution in [3.8, 4) is 0 Å². The van der Waals surface area contributed by atoms with Crippen molar-refractivity contribution in [1.29, 1.82) is 0 Å². The summed E-state index contributed by atoms with van der Waals surface area (Å²) < 4.78 is 12.0. The molecule has 0 saturated carbocycles. The average Bonchev–Trinajstić information content (AvgIpc) is 3.23. The van der Waals surface area contributed by atoms with Gasteiger partial charge in [0.15, 0.2) is 0 Å². The van der Waals surface area contributed by atoms with E-state index in [4.69, 9.17) is 21.1 Å². The van der Waals surface area contributed by atoms with Gasteiger partial charge in [-0.3, -0.25) is 14.4 Å². The van der Waals surface area contributed by atoms with Gasteiger partial charge >= 0.3 is 5.97 Å². The van der Waals surface area contributed by atoms with Gasteiger partial charge in [0.2, 0.25) is 5.91 Å². The summed E-state index contributed by atoms with van der Waals surface area (Å²) in [5.74, 6) is -3.22. The number of halogens is 1. The lowest BCUT2D eigenvalue weighted by atomic mass is 9.78. The van der Waals surface area contributed by atoms with Crippen LogP contribution in [0.3, 0.4) is 0 Å². The standard InChI is InChI=1S/C30H29ClN2O6/c1-18-8-5-11-21(31)25(18)32-14-7-13-30-24(23-22(39-30)12-6-15-38-29(23)37)27(35)33(26(30)28(32)36)20(17-34)16-19-9-3-2-4-10-19/h2-13,20,22-24,26,34H,14-17H2,1H3/t20-,22+,23-,24+,26?,30+/m1/s1. The van der Waals surface area contributed by atoms with E-state index in [1.807, 2.05) is 49.4 Å². The van der Waals surface area contributed by atoms with Gasteiger partial charge in [-0.25, -0.2) is 0 Å². The smallest absolute Gasteiger partial charge is 0.313 e. The summed E-state index contributed by atoms with van der Waals surface area (Å²) in [6.45, 7) is 1.80. The first-order chi connectivity index (χ1) is 18.9. The molecular formula is C30H29ClN2O6. The molecule has 4 aliphatic heterocycles. The van der Waals surface area contributed by atoms with Crippen molar-refractivity contribution in [2.24, 2.45) is 11.8 Å². The Morgan fingerprint density at radius 3 is 2.62 bits per heavy atom. The summed E-state index contributed by atoms with van der Waals surface area (Å²) in [6.07, 6.45) is 6.61. The first-order valence-electron chi connectivity index (χ1n) is 13.1. The number of aliphatic hydroxyl groups is 1. The summed E-state index contributed by atoms with van der Waals surface area (Å²) in [5.41, 5.74) is 0.844. The number of amides is 2. The Morgan fingerprint density at radius 2 is 1.87 bits per heavy atom. The molecule has 2 fully saturated rings. The highest BCUT2D eigenvalue weighted by Gasteiger charge is 2.72. The number of benzene rings is 2. The normalized spacial score (nSPS) is 30.4. The van der Waals surface area contributed by atoms with Gasteiger partial charge in [0.05, 0.1) is 35.4 Å². The summed E-state index contributed by atoms with van der Waals surface area (Å²) >= 11 is 6.59. The Labute approximate surface area is 231 Å². The van der Waals surface area contributed by atoms with Crippen molar-refractivity contribution >= 4 is 35.1 Å². The van der Waals surface area contributed by atoms with E-state index in [2.05, 4.69) is 0 Å². The Morgan fingerprint density at radius 1 is 1.08 bits per heavy atom. The lowest BCUT2D eigenvalue weighted by molar-refractivity contribution is -0.153. The third-order valence-electron chi connectivity index (χ3n) is 8.23. The van der Waals surface area contributed by atoms with Crippen LogP contribution in [-0.4, -0.2) is 71.3 Å². The maximum Gasteiger partial charge on any atom is 0.313 e. The lowest BCUT2D eigenvalue weighted by Gasteiger charge is -2.39.